The molecule has 2 N–H and O–H groups in total. The van der Waals surface area contributed by atoms with E-state index >= 15 is 0 Å². The van der Waals surface area contributed by atoms with Gasteiger partial charge in [0.05, 0.1) is 13.2 Å². The number of aliphatic imine (C=N–C) groups is 1. The summed E-state index contributed by atoms with van der Waals surface area (Å²) < 4.78 is 11.3. The van der Waals surface area contributed by atoms with E-state index < -0.39 is 0 Å². The summed E-state index contributed by atoms with van der Waals surface area (Å²) in [5.74, 6) is 1.63. The highest BCUT2D eigenvalue weighted by atomic mass is 35.5. The molecule has 0 aliphatic carbocycles. The summed E-state index contributed by atoms with van der Waals surface area (Å²) in [6, 6.07) is 9.98. The molecule has 0 atom stereocenters. The molecule has 0 fully saturated rings. The molecule has 6 nitrogen and oxygen atoms in total. The van der Waals surface area contributed by atoms with Gasteiger partial charge in [0.2, 0.25) is 0 Å². The Kier molecular flexibility index (Phi) is 10.3. The van der Waals surface area contributed by atoms with Crippen LogP contribution in [0.2, 0.25) is 5.15 Å². The summed E-state index contributed by atoms with van der Waals surface area (Å²) in [4.78, 5) is 8.82. The molecule has 0 bridgehead atoms. The Hall–Kier alpha value is -2.31. The van der Waals surface area contributed by atoms with E-state index in [1.807, 2.05) is 19.1 Å². The second-order valence-corrected chi connectivity index (χ2v) is 6.90. The van der Waals surface area contributed by atoms with Gasteiger partial charge in [-0.1, -0.05) is 29.8 Å². The van der Waals surface area contributed by atoms with Gasteiger partial charge in [-0.05, 0) is 50.5 Å². The molecule has 0 amide bonds. The SMILES string of the molecule is CCNC(=NCc1ccc(C)cc1OCCOCC)NCCc1ccc(Cl)nc1. The molecular weight excluding hydrogens is 388 g/mol. The maximum Gasteiger partial charge on any atom is 0.191 e. The lowest BCUT2D eigenvalue weighted by Crippen LogP contribution is -2.38. The first-order valence-corrected chi connectivity index (χ1v) is 10.4. The van der Waals surface area contributed by atoms with E-state index in [0.717, 1.165) is 47.9 Å². The maximum atomic E-state index is 5.91. The Morgan fingerprint density at radius 1 is 1.14 bits per heavy atom. The van der Waals surface area contributed by atoms with Crippen LogP contribution in [-0.4, -0.2) is 43.9 Å². The topological polar surface area (TPSA) is 67.8 Å². The number of benzene rings is 1. The van der Waals surface area contributed by atoms with Crippen LogP contribution in [0.25, 0.3) is 0 Å². The van der Waals surface area contributed by atoms with Crippen molar-refractivity contribution in [2.24, 2.45) is 4.99 Å². The van der Waals surface area contributed by atoms with Crippen LogP contribution in [0.3, 0.4) is 0 Å². The summed E-state index contributed by atoms with van der Waals surface area (Å²) in [7, 11) is 0. The average molecular weight is 419 g/mol. The van der Waals surface area contributed by atoms with Gasteiger partial charge in [0, 0.05) is 31.5 Å². The Labute approximate surface area is 178 Å². The minimum Gasteiger partial charge on any atom is -0.491 e. The maximum absolute atomic E-state index is 5.91. The number of aromatic nitrogens is 1. The van der Waals surface area contributed by atoms with Crippen molar-refractivity contribution in [3.8, 4) is 5.75 Å². The van der Waals surface area contributed by atoms with Gasteiger partial charge in [-0.2, -0.15) is 0 Å². The summed E-state index contributed by atoms with van der Waals surface area (Å²) in [5.41, 5.74) is 3.33. The Bertz CT molecular complexity index is 766. The zero-order valence-corrected chi connectivity index (χ0v) is 18.3. The lowest BCUT2D eigenvalue weighted by molar-refractivity contribution is 0.110. The smallest absolute Gasteiger partial charge is 0.191 e. The first kappa shape index (κ1) is 23.0. The van der Waals surface area contributed by atoms with Gasteiger partial charge in [-0.25, -0.2) is 9.98 Å². The molecule has 0 unspecified atom stereocenters. The van der Waals surface area contributed by atoms with Crippen LogP contribution in [0, 0.1) is 6.92 Å². The predicted molar refractivity (Wildman–Crippen MR) is 119 cm³/mol. The number of nitrogens with zero attached hydrogens (tertiary/aromatic N) is 2. The highest BCUT2D eigenvalue weighted by Gasteiger charge is 2.05. The van der Waals surface area contributed by atoms with Gasteiger partial charge in [0.1, 0.15) is 17.5 Å². The average Bonchev–Trinajstić information content (AvgIpc) is 2.72. The number of hydrogen-bond donors (Lipinski definition) is 2. The third kappa shape index (κ3) is 8.71. The second kappa shape index (κ2) is 13.0. The molecule has 0 saturated carbocycles. The van der Waals surface area contributed by atoms with Crippen molar-refractivity contribution in [2.75, 3.05) is 32.9 Å². The standard InChI is InChI=1S/C22H31ClN4O2/c1-4-24-22(25-11-10-18-7-9-21(23)26-15-18)27-16-19-8-6-17(3)14-20(19)29-13-12-28-5-2/h6-9,14-15H,4-5,10-13,16H2,1-3H3,(H2,24,25,27). The molecular formula is C22H31ClN4O2. The monoisotopic (exact) mass is 418 g/mol. The van der Waals surface area contributed by atoms with E-state index in [9.17, 15) is 0 Å². The lowest BCUT2D eigenvalue weighted by atomic mass is 10.1. The third-order valence-corrected chi connectivity index (χ3v) is 4.38. The van der Waals surface area contributed by atoms with Crippen molar-refractivity contribution < 1.29 is 9.47 Å². The molecule has 158 valence electrons. The van der Waals surface area contributed by atoms with Gasteiger partial charge in [-0.15, -0.1) is 0 Å². The van der Waals surface area contributed by atoms with E-state index in [1.54, 1.807) is 12.3 Å². The molecule has 2 aromatic rings. The zero-order chi connectivity index (χ0) is 20.9. The fourth-order valence-corrected chi connectivity index (χ4v) is 2.78. The van der Waals surface area contributed by atoms with Crippen LogP contribution < -0.4 is 15.4 Å². The molecule has 0 aliphatic rings. The molecule has 29 heavy (non-hydrogen) atoms. The normalized spacial score (nSPS) is 11.4. The molecule has 7 heteroatoms. The predicted octanol–water partition coefficient (Wildman–Crippen LogP) is 3.76. The van der Waals surface area contributed by atoms with Crippen molar-refractivity contribution >= 4 is 17.6 Å². The number of pyridine rings is 1. The molecule has 1 aromatic heterocycles. The number of guanidine groups is 1. The third-order valence-electron chi connectivity index (χ3n) is 4.16. The molecule has 0 radical (unpaired) electrons. The summed E-state index contributed by atoms with van der Waals surface area (Å²) in [6.45, 7) is 9.96. The first-order chi connectivity index (χ1) is 14.1. The fourth-order valence-electron chi connectivity index (χ4n) is 2.67. The van der Waals surface area contributed by atoms with Crippen LogP contribution in [0.5, 0.6) is 5.75 Å². The van der Waals surface area contributed by atoms with Crippen molar-refractivity contribution in [3.05, 3.63) is 58.4 Å². The van der Waals surface area contributed by atoms with Gasteiger partial charge in [0.25, 0.3) is 0 Å². The quantitative estimate of drug-likeness (QED) is 0.252. The number of hydrogen-bond acceptors (Lipinski definition) is 4. The van der Waals surface area contributed by atoms with Gasteiger partial charge in [0.15, 0.2) is 5.96 Å². The van der Waals surface area contributed by atoms with E-state index in [1.165, 1.54) is 0 Å². The Morgan fingerprint density at radius 2 is 2.00 bits per heavy atom. The molecule has 0 aliphatic heterocycles. The number of halogens is 1. The van der Waals surface area contributed by atoms with E-state index in [2.05, 4.69) is 41.6 Å². The van der Waals surface area contributed by atoms with Crippen molar-refractivity contribution in [2.45, 2.75) is 33.7 Å². The minimum atomic E-state index is 0.508. The second-order valence-electron chi connectivity index (χ2n) is 6.52. The molecule has 1 heterocycles. The summed E-state index contributed by atoms with van der Waals surface area (Å²) >= 11 is 5.83. The largest absolute Gasteiger partial charge is 0.491 e. The van der Waals surface area contributed by atoms with Gasteiger partial charge in [-0.3, -0.25) is 0 Å². The van der Waals surface area contributed by atoms with E-state index in [-0.39, 0.29) is 0 Å². The van der Waals surface area contributed by atoms with Crippen LogP contribution >= 0.6 is 11.6 Å². The van der Waals surface area contributed by atoms with Gasteiger partial charge < -0.3 is 20.1 Å². The first-order valence-electron chi connectivity index (χ1n) is 10.0. The van der Waals surface area contributed by atoms with Crippen molar-refractivity contribution in [1.82, 2.24) is 15.6 Å². The number of aryl methyl sites for hydroxylation is 1. The lowest BCUT2D eigenvalue weighted by Gasteiger charge is -2.14. The van der Waals surface area contributed by atoms with E-state index in [0.29, 0.717) is 31.5 Å². The van der Waals surface area contributed by atoms with Crippen LogP contribution in [0.4, 0.5) is 0 Å². The Balaban J connectivity index is 1.94. The number of ether oxygens (including phenoxy) is 2. The summed E-state index contributed by atoms with van der Waals surface area (Å²) in [6.07, 6.45) is 2.64. The zero-order valence-electron chi connectivity index (χ0n) is 17.5. The van der Waals surface area contributed by atoms with Gasteiger partial charge >= 0.3 is 0 Å². The Morgan fingerprint density at radius 3 is 2.72 bits per heavy atom. The molecule has 0 saturated heterocycles. The van der Waals surface area contributed by atoms with E-state index in [4.69, 9.17) is 26.1 Å². The van der Waals surface area contributed by atoms with Crippen molar-refractivity contribution in [3.63, 3.8) is 0 Å². The van der Waals surface area contributed by atoms with Crippen LogP contribution in [0.1, 0.15) is 30.5 Å². The fraction of sp³-hybridized carbons (Fsp3) is 0.455. The molecule has 0 spiro atoms. The molecule has 2 rings (SSSR count). The van der Waals surface area contributed by atoms with Crippen LogP contribution in [0.15, 0.2) is 41.5 Å². The molecule has 1 aromatic carbocycles. The summed E-state index contributed by atoms with van der Waals surface area (Å²) in [5, 5.41) is 7.15. The van der Waals surface area contributed by atoms with Crippen LogP contribution in [-0.2, 0) is 17.7 Å². The van der Waals surface area contributed by atoms with Crippen molar-refractivity contribution in [1.29, 1.82) is 0 Å². The highest BCUT2D eigenvalue weighted by molar-refractivity contribution is 6.29. The number of rotatable bonds is 11. The highest BCUT2D eigenvalue weighted by Crippen LogP contribution is 2.21. The number of nitrogens with one attached hydrogen (secondary N) is 2. The minimum absolute atomic E-state index is 0.508.